The number of carbonyl (C=O) groups is 1. The van der Waals surface area contributed by atoms with Crippen molar-refractivity contribution in [3.63, 3.8) is 0 Å². The molecule has 2 aliphatic rings. The number of alkyl halides is 6. The molecule has 0 spiro atoms. The molecule has 2 bridgehead atoms. The van der Waals surface area contributed by atoms with E-state index in [-0.39, 0.29) is 12.3 Å². The molecule has 0 saturated heterocycles. The van der Waals surface area contributed by atoms with E-state index in [2.05, 4.69) is 4.74 Å². The van der Waals surface area contributed by atoms with Gasteiger partial charge in [0, 0.05) is 6.42 Å². The lowest BCUT2D eigenvalue weighted by atomic mass is 9.81. The molecule has 2 aliphatic carbocycles. The number of allylic oxidation sites excluding steroid dienone is 2. The van der Waals surface area contributed by atoms with E-state index in [1.54, 1.807) is 12.2 Å². The van der Waals surface area contributed by atoms with E-state index in [1.165, 1.54) is 0 Å². The Morgan fingerprint density at radius 2 is 1.67 bits per heavy atom. The zero-order valence-corrected chi connectivity index (χ0v) is 10.5. The van der Waals surface area contributed by atoms with Crippen LogP contribution in [-0.4, -0.2) is 29.2 Å². The third-order valence-electron chi connectivity index (χ3n) is 4.14. The van der Waals surface area contributed by atoms with Crippen molar-refractivity contribution in [3.05, 3.63) is 12.2 Å². The molecule has 0 radical (unpaired) electrons. The van der Waals surface area contributed by atoms with Crippen LogP contribution >= 0.6 is 0 Å². The Bertz CT molecular complexity index is 439. The minimum atomic E-state index is -5.87. The van der Waals surface area contributed by atoms with Crippen LogP contribution in [0, 0.1) is 17.8 Å². The average molecular weight is 318 g/mol. The van der Waals surface area contributed by atoms with Gasteiger partial charge in [0.05, 0.1) is 0 Å². The zero-order chi connectivity index (χ0) is 16.1. The van der Waals surface area contributed by atoms with Gasteiger partial charge in [-0.25, -0.2) is 4.79 Å². The van der Waals surface area contributed by atoms with Crippen LogP contribution in [0.5, 0.6) is 0 Å². The van der Waals surface area contributed by atoms with Gasteiger partial charge < -0.3 is 9.84 Å². The smallest absolute Gasteiger partial charge is 0.450 e. The van der Waals surface area contributed by atoms with Gasteiger partial charge in [0.25, 0.3) is 0 Å². The maximum atomic E-state index is 13.0. The fourth-order valence-electron chi connectivity index (χ4n) is 3.20. The second-order valence-electron chi connectivity index (χ2n) is 5.43. The van der Waals surface area contributed by atoms with E-state index >= 15 is 0 Å². The van der Waals surface area contributed by atoms with Crippen LogP contribution < -0.4 is 0 Å². The molecule has 0 heterocycles. The molecule has 120 valence electrons. The highest BCUT2D eigenvalue weighted by Crippen LogP contribution is 2.54. The number of hydrogen-bond donors (Lipinski definition) is 1. The van der Waals surface area contributed by atoms with E-state index in [9.17, 15) is 31.1 Å². The highest BCUT2D eigenvalue weighted by molar-refractivity contribution is 5.58. The van der Waals surface area contributed by atoms with Crippen molar-refractivity contribution in [2.24, 2.45) is 17.8 Å². The largest absolute Gasteiger partial charge is 0.506 e. The van der Waals surface area contributed by atoms with Crippen molar-refractivity contribution in [2.45, 2.75) is 37.2 Å². The molecule has 0 aromatic carbocycles. The van der Waals surface area contributed by atoms with Gasteiger partial charge in [-0.1, -0.05) is 12.2 Å². The third kappa shape index (κ3) is 2.69. The molecule has 3 nitrogen and oxygen atoms in total. The van der Waals surface area contributed by atoms with Crippen LogP contribution in [0.15, 0.2) is 12.2 Å². The summed E-state index contributed by atoms with van der Waals surface area (Å²) in [6, 6.07) is 0. The van der Waals surface area contributed by atoms with E-state index in [4.69, 9.17) is 5.11 Å². The highest BCUT2D eigenvalue weighted by atomic mass is 19.4. The molecular weight excluding hydrogens is 306 g/mol. The van der Waals surface area contributed by atoms with Gasteiger partial charge in [0.2, 0.25) is 0 Å². The number of rotatable bonds is 3. The minimum absolute atomic E-state index is 0.0380. The summed E-state index contributed by atoms with van der Waals surface area (Å²) in [5.74, 6) is -1.33. The normalized spacial score (nSPS) is 29.0. The van der Waals surface area contributed by atoms with E-state index in [0.717, 1.165) is 0 Å². The van der Waals surface area contributed by atoms with E-state index < -0.39 is 42.4 Å². The summed E-state index contributed by atoms with van der Waals surface area (Å²) in [5.41, 5.74) is -4.67. The molecule has 0 aliphatic heterocycles. The minimum Gasteiger partial charge on any atom is -0.450 e. The number of hydrogen-bond acceptors (Lipinski definition) is 2. The first kappa shape index (κ1) is 16.0. The van der Waals surface area contributed by atoms with Gasteiger partial charge >= 0.3 is 24.1 Å². The summed E-state index contributed by atoms with van der Waals surface area (Å²) in [7, 11) is 0. The highest BCUT2D eigenvalue weighted by Gasteiger charge is 2.75. The first-order valence-electron chi connectivity index (χ1n) is 6.20. The Morgan fingerprint density at radius 1 is 1.10 bits per heavy atom. The lowest BCUT2D eigenvalue weighted by Gasteiger charge is -2.38. The van der Waals surface area contributed by atoms with Crippen LogP contribution in [0.1, 0.15) is 19.3 Å². The molecule has 3 unspecified atom stereocenters. The molecular formula is C12H12F6O3. The maximum absolute atomic E-state index is 13.0. The van der Waals surface area contributed by atoms with Gasteiger partial charge in [-0.2, -0.15) is 26.3 Å². The lowest BCUT2D eigenvalue weighted by molar-refractivity contribution is -0.372. The summed E-state index contributed by atoms with van der Waals surface area (Å²) in [5, 5.41) is 8.35. The van der Waals surface area contributed by atoms with Crippen molar-refractivity contribution in [2.75, 3.05) is 0 Å². The van der Waals surface area contributed by atoms with Gasteiger partial charge in [-0.15, -0.1) is 0 Å². The van der Waals surface area contributed by atoms with Gasteiger partial charge in [-0.3, -0.25) is 0 Å². The Kier molecular flexibility index (Phi) is 3.66. The number of fused-ring (bicyclic) bond motifs is 2. The molecule has 1 fully saturated rings. The summed E-state index contributed by atoms with van der Waals surface area (Å²) in [6.07, 6.45) is -11.7. The quantitative estimate of drug-likeness (QED) is 0.483. The molecule has 0 amide bonds. The van der Waals surface area contributed by atoms with Gasteiger partial charge in [-0.05, 0) is 30.6 Å². The zero-order valence-electron chi connectivity index (χ0n) is 10.5. The summed E-state index contributed by atoms with van der Waals surface area (Å²) in [6.45, 7) is 0. The number of ether oxygens (including phenoxy) is 1. The molecule has 9 heteroatoms. The Morgan fingerprint density at radius 3 is 2.00 bits per heavy atom. The Labute approximate surface area is 115 Å². The van der Waals surface area contributed by atoms with E-state index in [1.807, 2.05) is 0 Å². The topological polar surface area (TPSA) is 46.5 Å². The lowest BCUT2D eigenvalue weighted by Crippen LogP contribution is -2.60. The van der Waals surface area contributed by atoms with Crippen LogP contribution in [0.25, 0.3) is 0 Å². The first-order valence-corrected chi connectivity index (χ1v) is 6.20. The summed E-state index contributed by atoms with van der Waals surface area (Å²) >= 11 is 0. The fourth-order valence-corrected chi connectivity index (χ4v) is 3.20. The Balaban J connectivity index is 2.34. The average Bonchev–Trinajstić information content (AvgIpc) is 2.85. The van der Waals surface area contributed by atoms with Crippen LogP contribution in [0.2, 0.25) is 0 Å². The summed E-state index contributed by atoms with van der Waals surface area (Å²) < 4.78 is 81.4. The van der Waals surface area contributed by atoms with Crippen LogP contribution in [-0.2, 0) is 4.74 Å². The van der Waals surface area contributed by atoms with Crippen LogP contribution in [0.3, 0.4) is 0 Å². The van der Waals surface area contributed by atoms with Crippen molar-refractivity contribution in [3.8, 4) is 0 Å². The first-order chi connectivity index (χ1) is 9.46. The van der Waals surface area contributed by atoms with Crippen molar-refractivity contribution in [1.82, 2.24) is 0 Å². The molecule has 1 saturated carbocycles. The van der Waals surface area contributed by atoms with Crippen LogP contribution in [0.4, 0.5) is 31.1 Å². The molecule has 1 N–H and O–H groups in total. The van der Waals surface area contributed by atoms with E-state index in [0.29, 0.717) is 6.42 Å². The summed E-state index contributed by atoms with van der Waals surface area (Å²) in [4.78, 5) is 10.4. The maximum Gasteiger partial charge on any atom is 0.506 e. The van der Waals surface area contributed by atoms with Crippen molar-refractivity contribution in [1.29, 1.82) is 0 Å². The predicted octanol–water partition coefficient (Wildman–Crippen LogP) is 4.15. The van der Waals surface area contributed by atoms with Gasteiger partial charge in [0.15, 0.2) is 0 Å². The second-order valence-corrected chi connectivity index (χ2v) is 5.43. The number of carboxylic acid groups (broad SMARTS) is 1. The second kappa shape index (κ2) is 4.81. The standard InChI is InChI=1S/C12H12F6O3/c13-11(14,15)10(12(16,17)18,21-9(19)20)5-8-4-6-1-2-7(8)3-6/h1-2,6-8H,3-5H2,(H,19,20). The molecule has 21 heavy (non-hydrogen) atoms. The molecule has 3 atom stereocenters. The van der Waals surface area contributed by atoms with Gasteiger partial charge in [0.1, 0.15) is 0 Å². The number of halogens is 6. The molecule has 2 rings (SSSR count). The molecule has 0 aromatic heterocycles. The monoisotopic (exact) mass is 318 g/mol. The SMILES string of the molecule is O=C(O)OC(CC1CC2C=CC1C2)(C(F)(F)F)C(F)(F)F. The fraction of sp³-hybridized carbons (Fsp3) is 0.750. The Hall–Kier alpha value is -1.41. The predicted molar refractivity (Wildman–Crippen MR) is 57.4 cm³/mol. The van der Waals surface area contributed by atoms with Crippen molar-refractivity contribution >= 4 is 6.16 Å². The third-order valence-corrected chi connectivity index (χ3v) is 4.14. The molecule has 0 aromatic rings. The van der Waals surface area contributed by atoms with Crippen molar-refractivity contribution < 1.29 is 41.0 Å².